The van der Waals surface area contributed by atoms with Gasteiger partial charge >= 0.3 is 18.0 Å². The molecule has 3 rings (SSSR count). The van der Waals surface area contributed by atoms with Crippen LogP contribution in [-0.4, -0.2) is 31.2 Å². The number of urea groups is 1. The predicted molar refractivity (Wildman–Crippen MR) is 106 cm³/mol. The molecule has 2 aromatic rings. The topological polar surface area (TPSA) is 118 Å². The highest BCUT2D eigenvalue weighted by atomic mass is 16.5. The largest absolute Gasteiger partial charge is 0.463 e. The minimum Gasteiger partial charge on any atom is -0.463 e. The first-order valence-electron chi connectivity index (χ1n) is 9.23. The van der Waals surface area contributed by atoms with Crippen molar-refractivity contribution < 1.29 is 23.9 Å². The number of ether oxygens (including phenoxy) is 2. The number of nitriles is 1. The number of esters is 2. The molecule has 0 fully saturated rings. The standard InChI is InChI=1S/C22H19N3O5/c1-2-29-21(27)18-17(13-30-20(26)16-10-8-14(12-23)9-11-16)24-22(28)25-19(18)15-6-4-3-5-7-15/h3-11,19H,2,13H2,1H3,(H2,24,25,28)/t19-/m1/s1. The van der Waals surface area contributed by atoms with Crippen LogP contribution in [0.5, 0.6) is 0 Å². The smallest absolute Gasteiger partial charge is 0.338 e. The fourth-order valence-corrected chi connectivity index (χ4v) is 2.98. The van der Waals surface area contributed by atoms with E-state index in [1.165, 1.54) is 24.3 Å². The van der Waals surface area contributed by atoms with Crippen LogP contribution in [0, 0.1) is 11.3 Å². The predicted octanol–water partition coefficient (Wildman–Crippen LogP) is 2.59. The van der Waals surface area contributed by atoms with Crippen LogP contribution in [0.2, 0.25) is 0 Å². The number of amides is 2. The molecule has 2 N–H and O–H groups in total. The summed E-state index contributed by atoms with van der Waals surface area (Å²) in [5, 5.41) is 14.1. The van der Waals surface area contributed by atoms with Crippen LogP contribution in [0.25, 0.3) is 0 Å². The number of rotatable bonds is 6. The first kappa shape index (κ1) is 20.6. The highest BCUT2D eigenvalue weighted by Crippen LogP contribution is 2.28. The molecule has 152 valence electrons. The molecular weight excluding hydrogens is 386 g/mol. The molecule has 0 spiro atoms. The first-order valence-corrected chi connectivity index (χ1v) is 9.23. The van der Waals surface area contributed by atoms with E-state index in [9.17, 15) is 14.4 Å². The lowest BCUT2D eigenvalue weighted by molar-refractivity contribution is -0.139. The summed E-state index contributed by atoms with van der Waals surface area (Å²) in [7, 11) is 0. The number of carbonyl (C=O) groups is 3. The Labute approximate surface area is 173 Å². The summed E-state index contributed by atoms with van der Waals surface area (Å²) in [6.07, 6.45) is 0. The van der Waals surface area contributed by atoms with Crippen LogP contribution in [0.15, 0.2) is 65.9 Å². The molecule has 1 atom stereocenters. The van der Waals surface area contributed by atoms with Gasteiger partial charge in [0.15, 0.2) is 0 Å². The zero-order chi connectivity index (χ0) is 21.5. The molecule has 8 nitrogen and oxygen atoms in total. The second kappa shape index (κ2) is 9.39. The lowest BCUT2D eigenvalue weighted by Crippen LogP contribution is -2.47. The average Bonchev–Trinajstić information content (AvgIpc) is 2.77. The van der Waals surface area contributed by atoms with Crippen LogP contribution in [-0.2, 0) is 14.3 Å². The summed E-state index contributed by atoms with van der Waals surface area (Å²) in [4.78, 5) is 37.2. The molecule has 30 heavy (non-hydrogen) atoms. The lowest BCUT2D eigenvalue weighted by Gasteiger charge is -2.29. The molecule has 0 saturated heterocycles. The van der Waals surface area contributed by atoms with Crippen molar-refractivity contribution in [2.75, 3.05) is 13.2 Å². The van der Waals surface area contributed by atoms with Gasteiger partial charge in [0.2, 0.25) is 0 Å². The van der Waals surface area contributed by atoms with E-state index in [1.807, 2.05) is 12.1 Å². The third-order valence-corrected chi connectivity index (χ3v) is 4.38. The minimum absolute atomic E-state index is 0.146. The van der Waals surface area contributed by atoms with E-state index in [0.717, 1.165) is 0 Å². The van der Waals surface area contributed by atoms with Gasteiger partial charge in [-0.3, -0.25) is 0 Å². The lowest BCUT2D eigenvalue weighted by atomic mass is 9.95. The summed E-state index contributed by atoms with van der Waals surface area (Å²) < 4.78 is 10.5. The number of benzene rings is 2. The third-order valence-electron chi connectivity index (χ3n) is 4.38. The molecule has 0 bridgehead atoms. The van der Waals surface area contributed by atoms with E-state index in [-0.39, 0.29) is 30.0 Å². The SMILES string of the molecule is CCOC(=O)C1=C(COC(=O)c2ccc(C#N)cc2)NC(=O)N[C@@H]1c1ccccc1. The maximum Gasteiger partial charge on any atom is 0.338 e. The van der Waals surface area contributed by atoms with E-state index >= 15 is 0 Å². The van der Waals surface area contributed by atoms with E-state index in [0.29, 0.717) is 11.1 Å². The first-order chi connectivity index (χ1) is 14.5. The van der Waals surface area contributed by atoms with Crippen molar-refractivity contribution in [2.24, 2.45) is 0 Å². The maximum absolute atomic E-state index is 12.6. The number of hydrogen-bond acceptors (Lipinski definition) is 6. The highest BCUT2D eigenvalue weighted by Gasteiger charge is 2.34. The van der Waals surface area contributed by atoms with Gasteiger partial charge in [-0.1, -0.05) is 30.3 Å². The van der Waals surface area contributed by atoms with Crippen molar-refractivity contribution in [3.05, 3.63) is 82.6 Å². The molecule has 2 amide bonds. The molecule has 1 heterocycles. The highest BCUT2D eigenvalue weighted by molar-refractivity contribution is 5.95. The summed E-state index contributed by atoms with van der Waals surface area (Å²) in [5.74, 6) is -1.28. The molecule has 1 aliphatic rings. The molecule has 1 aliphatic heterocycles. The Kier molecular flexibility index (Phi) is 6.45. The van der Waals surface area contributed by atoms with Crippen molar-refractivity contribution in [3.8, 4) is 6.07 Å². The Morgan fingerprint density at radius 1 is 1.03 bits per heavy atom. The second-order valence-corrected chi connectivity index (χ2v) is 6.32. The fraction of sp³-hybridized carbons (Fsp3) is 0.182. The van der Waals surface area contributed by atoms with Crippen LogP contribution in [0.1, 0.15) is 34.5 Å². The summed E-state index contributed by atoms with van der Waals surface area (Å²) in [6.45, 7) is 1.50. The summed E-state index contributed by atoms with van der Waals surface area (Å²) in [5.41, 5.74) is 1.65. The molecule has 0 saturated carbocycles. The Bertz CT molecular complexity index is 1020. The number of nitrogens with zero attached hydrogens (tertiary/aromatic N) is 1. The van der Waals surface area contributed by atoms with Crippen molar-refractivity contribution in [1.29, 1.82) is 5.26 Å². The zero-order valence-corrected chi connectivity index (χ0v) is 16.2. The van der Waals surface area contributed by atoms with Crippen LogP contribution in [0.3, 0.4) is 0 Å². The average molecular weight is 405 g/mol. The quantitative estimate of drug-likeness (QED) is 0.714. The molecule has 0 radical (unpaired) electrons. The molecule has 0 aliphatic carbocycles. The number of nitrogens with one attached hydrogen (secondary N) is 2. The normalized spacial score (nSPS) is 15.5. The minimum atomic E-state index is -0.748. The van der Waals surface area contributed by atoms with Crippen LogP contribution < -0.4 is 10.6 Å². The van der Waals surface area contributed by atoms with E-state index in [2.05, 4.69) is 10.6 Å². The third kappa shape index (κ3) is 4.64. The van der Waals surface area contributed by atoms with E-state index < -0.39 is 24.0 Å². The summed E-state index contributed by atoms with van der Waals surface area (Å²) >= 11 is 0. The summed E-state index contributed by atoms with van der Waals surface area (Å²) in [6, 6.07) is 15.6. The van der Waals surface area contributed by atoms with E-state index in [4.69, 9.17) is 14.7 Å². The number of carbonyl (C=O) groups excluding carboxylic acids is 3. The Morgan fingerprint density at radius 2 is 1.73 bits per heavy atom. The van der Waals surface area contributed by atoms with Gasteiger partial charge in [-0.15, -0.1) is 0 Å². The van der Waals surface area contributed by atoms with Gasteiger partial charge in [-0.25, -0.2) is 14.4 Å². The van der Waals surface area contributed by atoms with Crippen LogP contribution in [0.4, 0.5) is 4.79 Å². The van der Waals surface area contributed by atoms with Crippen LogP contribution >= 0.6 is 0 Å². The molecule has 0 unspecified atom stereocenters. The van der Waals surface area contributed by atoms with Crippen molar-refractivity contribution >= 4 is 18.0 Å². The second-order valence-electron chi connectivity index (χ2n) is 6.32. The maximum atomic E-state index is 12.6. The van der Waals surface area contributed by atoms with Gasteiger partial charge in [0.25, 0.3) is 0 Å². The van der Waals surface area contributed by atoms with Gasteiger partial charge in [-0.2, -0.15) is 5.26 Å². The zero-order valence-electron chi connectivity index (χ0n) is 16.2. The monoisotopic (exact) mass is 405 g/mol. The molecule has 2 aromatic carbocycles. The van der Waals surface area contributed by atoms with Gasteiger partial charge in [0, 0.05) is 0 Å². The fourth-order valence-electron chi connectivity index (χ4n) is 2.98. The Hall–Kier alpha value is -4.12. The number of hydrogen-bond donors (Lipinski definition) is 2. The van der Waals surface area contributed by atoms with Gasteiger partial charge in [0.05, 0.1) is 41.1 Å². The van der Waals surface area contributed by atoms with Gasteiger partial charge in [0.1, 0.15) is 6.61 Å². The van der Waals surface area contributed by atoms with Crippen molar-refractivity contribution in [2.45, 2.75) is 13.0 Å². The Morgan fingerprint density at radius 3 is 2.37 bits per heavy atom. The van der Waals surface area contributed by atoms with Gasteiger partial charge in [-0.05, 0) is 36.8 Å². The molecule has 0 aromatic heterocycles. The molecular formula is C22H19N3O5. The molecule has 8 heteroatoms. The van der Waals surface area contributed by atoms with E-state index in [1.54, 1.807) is 31.2 Å². The van der Waals surface area contributed by atoms with Gasteiger partial charge < -0.3 is 20.1 Å². The Balaban J connectivity index is 1.88. The van der Waals surface area contributed by atoms with Crippen molar-refractivity contribution in [3.63, 3.8) is 0 Å². The van der Waals surface area contributed by atoms with Crippen molar-refractivity contribution in [1.82, 2.24) is 10.6 Å².